The summed E-state index contributed by atoms with van der Waals surface area (Å²) >= 11 is 5.97. The van der Waals surface area contributed by atoms with Crippen molar-refractivity contribution >= 4 is 33.4 Å². The molecule has 0 radical (unpaired) electrons. The Labute approximate surface area is 134 Å². The van der Waals surface area contributed by atoms with Gasteiger partial charge in [0, 0.05) is 20.6 Å². The minimum atomic E-state index is -3.53. The highest BCUT2D eigenvalue weighted by molar-refractivity contribution is 7.89. The van der Waals surface area contributed by atoms with Crippen LogP contribution < -0.4 is 11.1 Å². The van der Waals surface area contributed by atoms with E-state index in [2.05, 4.69) is 15.3 Å². The number of aromatic nitrogens is 2. The molecule has 7 nitrogen and oxygen atoms in total. The van der Waals surface area contributed by atoms with Gasteiger partial charge in [-0.2, -0.15) is 4.98 Å². The lowest BCUT2D eigenvalue weighted by atomic mass is 10.2. The van der Waals surface area contributed by atoms with E-state index in [0.29, 0.717) is 16.4 Å². The van der Waals surface area contributed by atoms with Gasteiger partial charge in [-0.15, -0.1) is 0 Å². The van der Waals surface area contributed by atoms with Crippen LogP contribution in [0.5, 0.6) is 0 Å². The van der Waals surface area contributed by atoms with Crippen LogP contribution in [-0.2, 0) is 16.6 Å². The highest BCUT2D eigenvalue weighted by Crippen LogP contribution is 2.22. The van der Waals surface area contributed by atoms with E-state index >= 15 is 0 Å². The fraction of sp³-hybridized carbons (Fsp3) is 0.231. The van der Waals surface area contributed by atoms with Crippen molar-refractivity contribution in [3.05, 3.63) is 41.0 Å². The molecule has 1 aromatic heterocycles. The maximum atomic E-state index is 12.3. The van der Waals surface area contributed by atoms with Crippen LogP contribution in [0.25, 0.3) is 0 Å². The molecule has 0 amide bonds. The Balaban J connectivity index is 2.30. The van der Waals surface area contributed by atoms with Crippen LogP contribution in [0, 0.1) is 0 Å². The number of halogens is 1. The number of benzene rings is 1. The summed E-state index contributed by atoms with van der Waals surface area (Å²) in [5.74, 6) is 0.437. The number of nitrogen functional groups attached to an aromatic ring is 1. The van der Waals surface area contributed by atoms with Crippen molar-refractivity contribution in [2.45, 2.75) is 11.4 Å². The maximum Gasteiger partial charge on any atom is 0.242 e. The van der Waals surface area contributed by atoms with E-state index in [1.807, 2.05) is 0 Å². The van der Waals surface area contributed by atoms with Crippen molar-refractivity contribution in [1.82, 2.24) is 14.3 Å². The number of nitrogens with two attached hydrogens (primary N) is 1. The summed E-state index contributed by atoms with van der Waals surface area (Å²) in [7, 11) is -0.552. The zero-order valence-electron chi connectivity index (χ0n) is 12.1. The Kier molecular flexibility index (Phi) is 4.84. The second-order valence-electron chi connectivity index (χ2n) is 4.67. The molecule has 2 rings (SSSR count). The number of anilines is 2. The molecule has 0 unspecified atom stereocenters. The van der Waals surface area contributed by atoms with Crippen molar-refractivity contribution in [3.8, 4) is 0 Å². The minimum absolute atomic E-state index is 0.0844. The molecule has 0 aliphatic rings. The molecule has 0 aliphatic heterocycles. The summed E-state index contributed by atoms with van der Waals surface area (Å²) < 4.78 is 25.8. The predicted octanol–water partition coefficient (Wildman–Crippen LogP) is 1.57. The quantitative estimate of drug-likeness (QED) is 0.856. The van der Waals surface area contributed by atoms with Crippen LogP contribution in [0.3, 0.4) is 0 Å². The van der Waals surface area contributed by atoms with Crippen molar-refractivity contribution in [3.63, 3.8) is 0 Å². The summed E-state index contributed by atoms with van der Waals surface area (Å²) in [6, 6.07) is 6.72. The van der Waals surface area contributed by atoms with Gasteiger partial charge in [0.05, 0.1) is 11.1 Å². The molecule has 0 spiro atoms. The summed E-state index contributed by atoms with van der Waals surface area (Å²) in [6.45, 7) is 0.236. The molecule has 0 aliphatic carbocycles. The van der Waals surface area contributed by atoms with Gasteiger partial charge in [0.2, 0.25) is 16.0 Å². The molecular weight excluding hydrogens is 326 g/mol. The van der Waals surface area contributed by atoms with Crippen LogP contribution in [0.1, 0.15) is 5.56 Å². The van der Waals surface area contributed by atoms with Gasteiger partial charge in [-0.25, -0.2) is 17.7 Å². The Morgan fingerprint density at radius 3 is 2.68 bits per heavy atom. The summed E-state index contributed by atoms with van der Waals surface area (Å²) in [6.07, 6.45) is 1.38. The SMILES string of the molecule is CN(C)S(=O)(=O)c1ccccc1CNc1nc(N)ncc1Cl. The second-order valence-corrected chi connectivity index (χ2v) is 7.20. The van der Waals surface area contributed by atoms with E-state index in [9.17, 15) is 8.42 Å². The van der Waals surface area contributed by atoms with Crippen molar-refractivity contribution in [2.75, 3.05) is 25.1 Å². The van der Waals surface area contributed by atoms with Gasteiger partial charge in [0.15, 0.2) is 5.82 Å². The number of hydrogen-bond donors (Lipinski definition) is 2. The van der Waals surface area contributed by atoms with E-state index in [-0.39, 0.29) is 17.4 Å². The lowest BCUT2D eigenvalue weighted by Gasteiger charge is -2.16. The molecule has 0 atom stereocenters. The zero-order chi connectivity index (χ0) is 16.3. The van der Waals surface area contributed by atoms with Gasteiger partial charge in [-0.05, 0) is 11.6 Å². The molecule has 1 aromatic carbocycles. The molecule has 1 heterocycles. The molecule has 0 saturated carbocycles. The monoisotopic (exact) mass is 341 g/mol. The molecule has 0 bridgehead atoms. The smallest absolute Gasteiger partial charge is 0.242 e. The lowest BCUT2D eigenvalue weighted by molar-refractivity contribution is 0.520. The van der Waals surface area contributed by atoms with Crippen molar-refractivity contribution < 1.29 is 8.42 Å². The molecule has 0 saturated heterocycles. The van der Waals surface area contributed by atoms with Crippen LogP contribution in [0.2, 0.25) is 5.02 Å². The highest BCUT2D eigenvalue weighted by Gasteiger charge is 2.20. The normalized spacial score (nSPS) is 11.6. The standard InChI is InChI=1S/C13H16ClN5O2S/c1-19(2)22(20,21)11-6-4-3-5-9(11)7-16-12-10(14)8-17-13(15)18-12/h3-6,8H,7H2,1-2H3,(H3,15,16,17,18). The van der Waals surface area contributed by atoms with Crippen molar-refractivity contribution in [2.24, 2.45) is 0 Å². The van der Waals surface area contributed by atoms with E-state index < -0.39 is 10.0 Å². The molecule has 118 valence electrons. The highest BCUT2D eigenvalue weighted by atomic mass is 35.5. The third-order valence-corrected chi connectivity index (χ3v) is 5.13. The Morgan fingerprint density at radius 1 is 1.32 bits per heavy atom. The maximum absolute atomic E-state index is 12.3. The number of nitrogens with one attached hydrogen (secondary N) is 1. The first kappa shape index (κ1) is 16.5. The molecular formula is C13H16ClN5O2S. The summed E-state index contributed by atoms with van der Waals surface area (Å²) in [4.78, 5) is 7.97. The topological polar surface area (TPSA) is 101 Å². The summed E-state index contributed by atoms with van der Waals surface area (Å²) in [5, 5.41) is 3.28. The molecule has 0 fully saturated rings. The first-order valence-electron chi connectivity index (χ1n) is 6.34. The fourth-order valence-electron chi connectivity index (χ4n) is 1.78. The van der Waals surface area contributed by atoms with E-state index in [1.54, 1.807) is 24.3 Å². The van der Waals surface area contributed by atoms with E-state index in [0.717, 1.165) is 0 Å². The molecule has 2 aromatic rings. The molecule has 3 N–H and O–H groups in total. The summed E-state index contributed by atoms with van der Waals surface area (Å²) in [5.41, 5.74) is 6.11. The van der Waals surface area contributed by atoms with Crippen LogP contribution in [0.15, 0.2) is 35.4 Å². The van der Waals surface area contributed by atoms with E-state index in [4.69, 9.17) is 17.3 Å². The van der Waals surface area contributed by atoms with Gasteiger partial charge in [-0.1, -0.05) is 29.8 Å². The van der Waals surface area contributed by atoms with Crippen LogP contribution in [0.4, 0.5) is 11.8 Å². The zero-order valence-corrected chi connectivity index (χ0v) is 13.7. The average molecular weight is 342 g/mol. The fourth-order valence-corrected chi connectivity index (χ4v) is 3.06. The second kappa shape index (κ2) is 6.47. The van der Waals surface area contributed by atoms with Gasteiger partial charge < -0.3 is 11.1 Å². The van der Waals surface area contributed by atoms with Gasteiger partial charge in [0.1, 0.15) is 5.02 Å². The van der Waals surface area contributed by atoms with Crippen LogP contribution in [-0.4, -0.2) is 36.8 Å². The Bertz CT molecular complexity index is 780. The Morgan fingerprint density at radius 2 is 2.00 bits per heavy atom. The number of sulfonamides is 1. The predicted molar refractivity (Wildman–Crippen MR) is 86.1 cm³/mol. The van der Waals surface area contributed by atoms with Gasteiger partial charge in [-0.3, -0.25) is 0 Å². The van der Waals surface area contributed by atoms with Crippen molar-refractivity contribution in [1.29, 1.82) is 0 Å². The van der Waals surface area contributed by atoms with Crippen LogP contribution >= 0.6 is 11.6 Å². The third-order valence-electron chi connectivity index (χ3n) is 2.94. The molecule has 9 heteroatoms. The minimum Gasteiger partial charge on any atom is -0.368 e. The largest absolute Gasteiger partial charge is 0.368 e. The Hall–Kier alpha value is -1.90. The number of nitrogens with zero attached hydrogens (tertiary/aromatic N) is 3. The van der Waals surface area contributed by atoms with Gasteiger partial charge >= 0.3 is 0 Å². The number of rotatable bonds is 5. The first-order valence-corrected chi connectivity index (χ1v) is 8.16. The average Bonchev–Trinajstić information content (AvgIpc) is 2.48. The van der Waals surface area contributed by atoms with Gasteiger partial charge in [0.25, 0.3) is 0 Å². The van der Waals surface area contributed by atoms with E-state index in [1.165, 1.54) is 24.6 Å². The molecule has 22 heavy (non-hydrogen) atoms. The lowest BCUT2D eigenvalue weighted by Crippen LogP contribution is -2.23. The first-order chi connectivity index (χ1) is 10.3. The third kappa shape index (κ3) is 3.46. The number of hydrogen-bond acceptors (Lipinski definition) is 6.